The molecule has 1 aromatic rings. The largest absolute Gasteiger partial charge is 0.398 e. The van der Waals surface area contributed by atoms with Crippen molar-refractivity contribution in [2.45, 2.75) is 38.5 Å². The van der Waals surface area contributed by atoms with Crippen molar-refractivity contribution in [2.24, 2.45) is 5.92 Å². The average molecular weight is 329 g/mol. The third kappa shape index (κ3) is 3.89. The number of hydrogen-bond donors (Lipinski definition) is 1. The van der Waals surface area contributed by atoms with Gasteiger partial charge < -0.3 is 15.5 Å². The molecule has 2 fully saturated rings. The summed E-state index contributed by atoms with van der Waals surface area (Å²) < 4.78 is 0. The Kier molecular flexibility index (Phi) is 5.38. The van der Waals surface area contributed by atoms with Gasteiger partial charge in [-0.1, -0.05) is 25.0 Å². The summed E-state index contributed by atoms with van der Waals surface area (Å²) in [5.74, 6) is 0.802. The second kappa shape index (κ2) is 7.69. The molecule has 0 spiro atoms. The maximum absolute atomic E-state index is 12.7. The van der Waals surface area contributed by atoms with Gasteiger partial charge in [-0.2, -0.15) is 0 Å². The van der Waals surface area contributed by atoms with Crippen molar-refractivity contribution in [3.05, 3.63) is 29.8 Å². The fourth-order valence-corrected chi connectivity index (χ4v) is 3.82. The highest BCUT2D eigenvalue weighted by Crippen LogP contribution is 2.28. The SMILES string of the molecule is Nc1ccccc1C(=O)N1CCCN(C(=O)CC2CCCC2)CC1. The van der Waals surface area contributed by atoms with Crippen LogP contribution in [-0.4, -0.2) is 47.8 Å². The predicted octanol–water partition coefficient (Wildman–Crippen LogP) is 2.52. The van der Waals surface area contributed by atoms with Crippen molar-refractivity contribution in [3.63, 3.8) is 0 Å². The fraction of sp³-hybridized carbons (Fsp3) is 0.579. The minimum absolute atomic E-state index is 0.0295. The number of benzene rings is 1. The van der Waals surface area contributed by atoms with Gasteiger partial charge in [-0.05, 0) is 37.3 Å². The van der Waals surface area contributed by atoms with Crippen LogP contribution < -0.4 is 5.73 Å². The summed E-state index contributed by atoms with van der Waals surface area (Å²) in [5.41, 5.74) is 7.00. The van der Waals surface area contributed by atoms with E-state index in [-0.39, 0.29) is 11.8 Å². The molecule has 2 amide bonds. The van der Waals surface area contributed by atoms with E-state index >= 15 is 0 Å². The molecule has 2 N–H and O–H groups in total. The molecule has 1 saturated heterocycles. The lowest BCUT2D eigenvalue weighted by Crippen LogP contribution is -2.38. The van der Waals surface area contributed by atoms with Gasteiger partial charge in [0.2, 0.25) is 5.91 Å². The molecule has 1 aliphatic carbocycles. The zero-order valence-corrected chi connectivity index (χ0v) is 14.2. The first-order chi connectivity index (χ1) is 11.6. The fourth-order valence-electron chi connectivity index (χ4n) is 3.82. The summed E-state index contributed by atoms with van der Waals surface area (Å²) >= 11 is 0. The summed E-state index contributed by atoms with van der Waals surface area (Å²) in [6.45, 7) is 2.65. The van der Waals surface area contributed by atoms with Crippen LogP contribution in [0.4, 0.5) is 5.69 Å². The Hall–Kier alpha value is -2.04. The molecule has 0 bridgehead atoms. The molecule has 2 aliphatic rings. The topological polar surface area (TPSA) is 66.6 Å². The zero-order chi connectivity index (χ0) is 16.9. The molecular weight excluding hydrogens is 302 g/mol. The highest BCUT2D eigenvalue weighted by Gasteiger charge is 2.26. The molecule has 1 aliphatic heterocycles. The van der Waals surface area contributed by atoms with Gasteiger partial charge in [0.1, 0.15) is 0 Å². The van der Waals surface area contributed by atoms with Gasteiger partial charge in [0, 0.05) is 38.3 Å². The van der Waals surface area contributed by atoms with E-state index in [0.29, 0.717) is 43.2 Å². The quantitative estimate of drug-likeness (QED) is 0.867. The highest BCUT2D eigenvalue weighted by molar-refractivity contribution is 5.99. The van der Waals surface area contributed by atoms with E-state index in [1.165, 1.54) is 25.7 Å². The molecule has 0 unspecified atom stereocenters. The van der Waals surface area contributed by atoms with E-state index in [9.17, 15) is 9.59 Å². The first kappa shape index (κ1) is 16.8. The number of rotatable bonds is 3. The van der Waals surface area contributed by atoms with Crippen molar-refractivity contribution in [3.8, 4) is 0 Å². The number of hydrogen-bond acceptors (Lipinski definition) is 3. The molecule has 130 valence electrons. The van der Waals surface area contributed by atoms with Crippen molar-refractivity contribution in [1.29, 1.82) is 0 Å². The average Bonchev–Trinajstić information content (AvgIpc) is 2.96. The third-order valence-electron chi connectivity index (χ3n) is 5.27. The van der Waals surface area contributed by atoms with Crippen molar-refractivity contribution >= 4 is 17.5 Å². The lowest BCUT2D eigenvalue weighted by Gasteiger charge is -2.23. The first-order valence-corrected chi connectivity index (χ1v) is 9.06. The molecule has 0 radical (unpaired) electrons. The Labute approximate surface area is 143 Å². The summed E-state index contributed by atoms with van der Waals surface area (Å²) in [7, 11) is 0. The molecule has 0 atom stereocenters. The maximum Gasteiger partial charge on any atom is 0.256 e. The second-order valence-corrected chi connectivity index (χ2v) is 6.97. The molecule has 1 heterocycles. The van der Waals surface area contributed by atoms with E-state index in [2.05, 4.69) is 0 Å². The first-order valence-electron chi connectivity index (χ1n) is 9.06. The van der Waals surface area contributed by atoms with Gasteiger partial charge in [0.25, 0.3) is 5.91 Å². The number of nitrogen functional groups attached to an aromatic ring is 1. The van der Waals surface area contributed by atoms with Crippen LogP contribution in [0, 0.1) is 5.92 Å². The second-order valence-electron chi connectivity index (χ2n) is 6.97. The Morgan fingerprint density at radius 3 is 2.38 bits per heavy atom. The molecule has 5 nitrogen and oxygen atoms in total. The van der Waals surface area contributed by atoms with Crippen LogP contribution in [0.25, 0.3) is 0 Å². The van der Waals surface area contributed by atoms with Gasteiger partial charge in [-0.15, -0.1) is 0 Å². The summed E-state index contributed by atoms with van der Waals surface area (Å²) in [6, 6.07) is 7.19. The van der Waals surface area contributed by atoms with Gasteiger partial charge in [0.15, 0.2) is 0 Å². The van der Waals surface area contributed by atoms with Crippen molar-refractivity contribution in [1.82, 2.24) is 9.80 Å². The molecular formula is C19H27N3O2. The van der Waals surface area contributed by atoms with E-state index in [1.54, 1.807) is 12.1 Å². The third-order valence-corrected chi connectivity index (χ3v) is 5.27. The summed E-state index contributed by atoms with van der Waals surface area (Å²) in [5, 5.41) is 0. The highest BCUT2D eigenvalue weighted by atomic mass is 16.2. The van der Waals surface area contributed by atoms with E-state index in [0.717, 1.165) is 13.0 Å². The molecule has 24 heavy (non-hydrogen) atoms. The normalized spacial score (nSPS) is 19.3. The zero-order valence-electron chi connectivity index (χ0n) is 14.2. The number of nitrogens with two attached hydrogens (primary N) is 1. The summed E-state index contributed by atoms with van der Waals surface area (Å²) in [6.07, 6.45) is 6.42. The molecule has 3 rings (SSSR count). The predicted molar refractivity (Wildman–Crippen MR) is 94.5 cm³/mol. The van der Waals surface area contributed by atoms with Gasteiger partial charge in [0.05, 0.1) is 5.56 Å². The Morgan fingerprint density at radius 1 is 0.958 bits per heavy atom. The Balaban J connectivity index is 1.57. The number of para-hydroxylation sites is 1. The lowest BCUT2D eigenvalue weighted by atomic mass is 10.0. The number of carbonyl (C=O) groups is 2. The summed E-state index contributed by atoms with van der Waals surface area (Å²) in [4.78, 5) is 29.0. The molecule has 0 aromatic heterocycles. The maximum atomic E-state index is 12.7. The Morgan fingerprint density at radius 2 is 1.62 bits per heavy atom. The number of carbonyl (C=O) groups excluding carboxylic acids is 2. The van der Waals surface area contributed by atoms with Crippen molar-refractivity contribution < 1.29 is 9.59 Å². The van der Waals surface area contributed by atoms with Crippen LogP contribution in [0.3, 0.4) is 0 Å². The van der Waals surface area contributed by atoms with Crippen LogP contribution in [0.2, 0.25) is 0 Å². The van der Waals surface area contributed by atoms with Crippen molar-refractivity contribution in [2.75, 3.05) is 31.9 Å². The van der Waals surface area contributed by atoms with E-state index < -0.39 is 0 Å². The number of nitrogens with zero attached hydrogens (tertiary/aromatic N) is 2. The van der Waals surface area contributed by atoms with Crippen LogP contribution >= 0.6 is 0 Å². The molecule has 1 aromatic carbocycles. The van der Waals surface area contributed by atoms with E-state index in [1.807, 2.05) is 21.9 Å². The lowest BCUT2D eigenvalue weighted by molar-refractivity contribution is -0.132. The van der Waals surface area contributed by atoms with Crippen LogP contribution in [0.1, 0.15) is 48.9 Å². The monoisotopic (exact) mass is 329 g/mol. The van der Waals surface area contributed by atoms with Crippen LogP contribution in [0.15, 0.2) is 24.3 Å². The van der Waals surface area contributed by atoms with Gasteiger partial charge >= 0.3 is 0 Å². The van der Waals surface area contributed by atoms with E-state index in [4.69, 9.17) is 5.73 Å². The molecule has 5 heteroatoms. The van der Waals surface area contributed by atoms with Crippen LogP contribution in [-0.2, 0) is 4.79 Å². The minimum Gasteiger partial charge on any atom is -0.398 e. The smallest absolute Gasteiger partial charge is 0.256 e. The minimum atomic E-state index is -0.0295. The van der Waals surface area contributed by atoms with Crippen LogP contribution in [0.5, 0.6) is 0 Å². The standard InChI is InChI=1S/C19H27N3O2/c20-17-9-4-3-8-16(17)19(24)22-11-5-10-21(12-13-22)18(23)14-15-6-1-2-7-15/h3-4,8-9,15H,1-2,5-7,10-14,20H2. The number of amides is 2. The number of anilines is 1. The molecule has 1 saturated carbocycles. The van der Waals surface area contributed by atoms with Gasteiger partial charge in [-0.3, -0.25) is 9.59 Å². The Bertz CT molecular complexity index is 596. The van der Waals surface area contributed by atoms with Gasteiger partial charge in [-0.25, -0.2) is 0 Å².